The highest BCUT2D eigenvalue weighted by Gasteiger charge is 2.01. The van der Waals surface area contributed by atoms with E-state index in [0.29, 0.717) is 0 Å². The van der Waals surface area contributed by atoms with Crippen LogP contribution in [-0.4, -0.2) is 5.33 Å². The third kappa shape index (κ3) is 14.5. The van der Waals surface area contributed by atoms with E-state index in [0.717, 1.165) is 5.92 Å². The zero-order valence-electron chi connectivity index (χ0n) is 12.9. The van der Waals surface area contributed by atoms with Gasteiger partial charge in [0.2, 0.25) is 0 Å². The van der Waals surface area contributed by atoms with Crippen LogP contribution in [0.1, 0.15) is 97.3 Å². The van der Waals surface area contributed by atoms with Gasteiger partial charge in [-0.3, -0.25) is 0 Å². The molecule has 0 aromatic carbocycles. The normalized spacial score (nSPS) is 12.8. The van der Waals surface area contributed by atoms with Crippen molar-refractivity contribution in [3.8, 4) is 0 Å². The van der Waals surface area contributed by atoms with Gasteiger partial charge in [0.15, 0.2) is 0 Å². The summed E-state index contributed by atoms with van der Waals surface area (Å²) < 4.78 is 0. The zero-order valence-corrected chi connectivity index (χ0v) is 14.4. The Morgan fingerprint density at radius 1 is 0.667 bits per heavy atom. The molecule has 0 saturated heterocycles. The van der Waals surface area contributed by atoms with Crippen molar-refractivity contribution in [3.05, 3.63) is 0 Å². The van der Waals surface area contributed by atoms with Gasteiger partial charge in [-0.15, -0.1) is 0 Å². The van der Waals surface area contributed by atoms with Crippen molar-refractivity contribution in [3.63, 3.8) is 0 Å². The molecule has 0 unspecified atom stereocenters. The van der Waals surface area contributed by atoms with Gasteiger partial charge in [0, 0.05) is 5.33 Å². The van der Waals surface area contributed by atoms with Crippen LogP contribution in [0.3, 0.4) is 0 Å². The monoisotopic (exact) mass is 318 g/mol. The molecular formula is C17H35Br. The second kappa shape index (κ2) is 15.5. The first-order valence-corrected chi connectivity index (χ1v) is 9.49. The van der Waals surface area contributed by atoms with Crippen LogP contribution < -0.4 is 0 Å². The molecule has 0 radical (unpaired) electrons. The average molecular weight is 319 g/mol. The molecule has 0 aliphatic carbocycles. The Labute approximate surface area is 124 Å². The van der Waals surface area contributed by atoms with Gasteiger partial charge in [-0.1, -0.05) is 100 Å². The van der Waals surface area contributed by atoms with Crippen molar-refractivity contribution in [2.45, 2.75) is 97.3 Å². The molecular weight excluding hydrogens is 284 g/mol. The van der Waals surface area contributed by atoms with Gasteiger partial charge in [-0.05, 0) is 18.8 Å². The molecule has 0 aromatic rings. The predicted octanol–water partition coefficient (Wildman–Crippen LogP) is 7.11. The Morgan fingerprint density at radius 2 is 1.11 bits per heavy atom. The molecule has 110 valence electrons. The largest absolute Gasteiger partial charge is 0.0928 e. The van der Waals surface area contributed by atoms with Crippen LogP contribution in [0.15, 0.2) is 0 Å². The lowest BCUT2D eigenvalue weighted by molar-refractivity contribution is 0.451. The van der Waals surface area contributed by atoms with E-state index in [4.69, 9.17) is 0 Å². The predicted molar refractivity (Wildman–Crippen MR) is 88.7 cm³/mol. The Morgan fingerprint density at radius 3 is 1.61 bits per heavy atom. The Hall–Kier alpha value is 0.480. The maximum absolute atomic E-state index is 3.51. The molecule has 0 saturated carbocycles. The van der Waals surface area contributed by atoms with Gasteiger partial charge in [0.1, 0.15) is 0 Å². The maximum Gasteiger partial charge on any atom is 0.00314 e. The van der Waals surface area contributed by atoms with E-state index in [1.807, 2.05) is 0 Å². The summed E-state index contributed by atoms with van der Waals surface area (Å²) in [5, 5.41) is 1.18. The van der Waals surface area contributed by atoms with Gasteiger partial charge >= 0.3 is 0 Å². The average Bonchev–Trinajstić information content (AvgIpc) is 2.38. The summed E-state index contributed by atoms with van der Waals surface area (Å²) in [6.45, 7) is 4.70. The highest BCUT2D eigenvalue weighted by molar-refractivity contribution is 9.09. The molecule has 0 aliphatic rings. The molecule has 0 aliphatic heterocycles. The lowest BCUT2D eigenvalue weighted by atomic mass is 9.98. The van der Waals surface area contributed by atoms with Gasteiger partial charge < -0.3 is 0 Å². The Balaban J connectivity index is 3.02. The van der Waals surface area contributed by atoms with Crippen molar-refractivity contribution < 1.29 is 0 Å². The fourth-order valence-corrected chi connectivity index (χ4v) is 2.87. The minimum Gasteiger partial charge on any atom is -0.0928 e. The van der Waals surface area contributed by atoms with Crippen LogP contribution in [-0.2, 0) is 0 Å². The van der Waals surface area contributed by atoms with Crippen molar-refractivity contribution in [2.75, 3.05) is 5.33 Å². The first kappa shape index (κ1) is 18.5. The van der Waals surface area contributed by atoms with E-state index in [9.17, 15) is 0 Å². The molecule has 0 aromatic heterocycles. The van der Waals surface area contributed by atoms with Crippen LogP contribution in [0.4, 0.5) is 0 Å². The molecule has 0 heterocycles. The van der Waals surface area contributed by atoms with E-state index in [-0.39, 0.29) is 0 Å². The molecule has 0 bridgehead atoms. The number of unbranched alkanes of at least 4 members (excludes halogenated alkanes) is 9. The van der Waals surface area contributed by atoms with E-state index >= 15 is 0 Å². The molecule has 18 heavy (non-hydrogen) atoms. The van der Waals surface area contributed by atoms with E-state index in [2.05, 4.69) is 29.8 Å². The summed E-state index contributed by atoms with van der Waals surface area (Å²) in [6, 6.07) is 0. The first-order valence-electron chi connectivity index (χ1n) is 8.37. The quantitative estimate of drug-likeness (QED) is 0.236. The standard InChI is InChI=1S/C17H35Br/c1-3-4-5-6-7-8-9-10-11-12-14-17(2)15-13-16-18/h17H,3-16H2,1-2H3/t17-/m0/s1. The fraction of sp³-hybridized carbons (Fsp3) is 1.00. The van der Waals surface area contributed by atoms with Crippen LogP contribution in [0, 0.1) is 5.92 Å². The van der Waals surface area contributed by atoms with E-state index in [1.54, 1.807) is 0 Å². The van der Waals surface area contributed by atoms with E-state index in [1.165, 1.54) is 88.8 Å². The van der Waals surface area contributed by atoms with Crippen LogP contribution >= 0.6 is 15.9 Å². The number of rotatable bonds is 14. The number of halogens is 1. The number of alkyl halides is 1. The first-order chi connectivity index (χ1) is 8.81. The van der Waals surface area contributed by atoms with Gasteiger partial charge in [0.25, 0.3) is 0 Å². The lowest BCUT2D eigenvalue weighted by Crippen LogP contribution is -1.95. The van der Waals surface area contributed by atoms with E-state index < -0.39 is 0 Å². The summed E-state index contributed by atoms with van der Waals surface area (Å²) in [5.74, 6) is 0.941. The molecule has 0 rings (SSSR count). The topological polar surface area (TPSA) is 0 Å². The zero-order chi connectivity index (χ0) is 13.5. The maximum atomic E-state index is 3.51. The highest BCUT2D eigenvalue weighted by atomic mass is 79.9. The summed E-state index contributed by atoms with van der Waals surface area (Å²) in [6.07, 6.45) is 18.8. The second-order valence-electron chi connectivity index (χ2n) is 5.91. The van der Waals surface area contributed by atoms with Gasteiger partial charge in [0.05, 0.1) is 0 Å². The van der Waals surface area contributed by atoms with Crippen LogP contribution in [0.25, 0.3) is 0 Å². The molecule has 0 N–H and O–H groups in total. The Kier molecular flexibility index (Phi) is 16.0. The molecule has 0 amide bonds. The summed E-state index contributed by atoms with van der Waals surface area (Å²) in [7, 11) is 0. The van der Waals surface area contributed by atoms with Crippen molar-refractivity contribution in [1.29, 1.82) is 0 Å². The summed E-state index contributed by atoms with van der Waals surface area (Å²) >= 11 is 3.51. The van der Waals surface area contributed by atoms with Gasteiger partial charge in [-0.25, -0.2) is 0 Å². The minimum absolute atomic E-state index is 0.941. The molecule has 1 atom stereocenters. The van der Waals surface area contributed by atoms with Crippen molar-refractivity contribution >= 4 is 15.9 Å². The van der Waals surface area contributed by atoms with Gasteiger partial charge in [-0.2, -0.15) is 0 Å². The molecule has 1 heteroatoms. The van der Waals surface area contributed by atoms with Crippen molar-refractivity contribution in [2.24, 2.45) is 5.92 Å². The second-order valence-corrected chi connectivity index (χ2v) is 6.70. The van der Waals surface area contributed by atoms with Crippen molar-refractivity contribution in [1.82, 2.24) is 0 Å². The summed E-state index contributed by atoms with van der Waals surface area (Å²) in [5.41, 5.74) is 0. The molecule has 0 fully saturated rings. The van der Waals surface area contributed by atoms with Crippen LogP contribution in [0.5, 0.6) is 0 Å². The molecule has 0 nitrogen and oxygen atoms in total. The Bertz CT molecular complexity index is 145. The smallest absolute Gasteiger partial charge is 0.00314 e. The number of hydrogen-bond donors (Lipinski definition) is 0. The molecule has 0 spiro atoms. The fourth-order valence-electron chi connectivity index (χ4n) is 2.55. The third-order valence-corrected chi connectivity index (χ3v) is 4.44. The number of hydrogen-bond acceptors (Lipinski definition) is 0. The summed E-state index contributed by atoms with van der Waals surface area (Å²) in [4.78, 5) is 0. The lowest BCUT2D eigenvalue weighted by Gasteiger charge is -2.09. The van der Waals surface area contributed by atoms with Crippen LogP contribution in [0.2, 0.25) is 0 Å². The third-order valence-electron chi connectivity index (χ3n) is 3.88. The highest BCUT2D eigenvalue weighted by Crippen LogP contribution is 2.17. The SMILES string of the molecule is CCCCCCCCCCCC[C@H](C)CCCBr. The minimum atomic E-state index is 0.941.